The number of rotatable bonds is 7. The van der Waals surface area contributed by atoms with Crippen molar-refractivity contribution in [3.8, 4) is 17.2 Å². The Balaban J connectivity index is 1.78. The van der Waals surface area contributed by atoms with Gasteiger partial charge in [-0.15, -0.1) is 0 Å². The second-order valence-corrected chi connectivity index (χ2v) is 8.48. The summed E-state index contributed by atoms with van der Waals surface area (Å²) in [6, 6.07) is 12.0. The van der Waals surface area contributed by atoms with Gasteiger partial charge in [-0.25, -0.2) is 4.79 Å². The molecule has 1 N–H and O–H groups in total. The molecule has 5 nitrogen and oxygen atoms in total. The average molecular weight is 474 g/mol. The molecule has 0 aliphatic rings. The van der Waals surface area contributed by atoms with Crippen LogP contribution in [0.5, 0.6) is 17.2 Å². The van der Waals surface area contributed by atoms with E-state index in [1.165, 1.54) is 0 Å². The summed E-state index contributed by atoms with van der Waals surface area (Å²) in [5, 5.41) is 3.37. The highest BCUT2D eigenvalue weighted by Gasteiger charge is 2.21. The lowest BCUT2D eigenvalue weighted by molar-refractivity contribution is 0.146. The van der Waals surface area contributed by atoms with Crippen molar-refractivity contribution in [1.82, 2.24) is 5.32 Å². The molecule has 10 heteroatoms. The number of nitrogens with one attached hydrogen (secondary N) is 1. The van der Waals surface area contributed by atoms with E-state index < -0.39 is 9.89 Å². The van der Waals surface area contributed by atoms with Gasteiger partial charge in [0, 0.05) is 11.1 Å². The van der Waals surface area contributed by atoms with E-state index in [4.69, 9.17) is 72.2 Å². The Kier molecular flexibility index (Phi) is 8.45. The summed E-state index contributed by atoms with van der Waals surface area (Å²) in [6.07, 6.45) is -0.721. The van der Waals surface area contributed by atoms with Crippen molar-refractivity contribution in [3.05, 3.63) is 52.5 Å². The molecular weight excluding hydrogens is 459 g/mol. The first kappa shape index (κ1) is 22.1. The van der Waals surface area contributed by atoms with E-state index in [1.807, 2.05) is 0 Å². The highest BCUT2D eigenvalue weighted by atomic mass is 35.6. The minimum atomic E-state index is -1.66. The minimum absolute atomic E-state index is 0.164. The summed E-state index contributed by atoms with van der Waals surface area (Å²) in [5.41, 5.74) is 0. The summed E-state index contributed by atoms with van der Waals surface area (Å²) >= 11 is 28.5. The number of ether oxygens (including phenoxy) is 3. The predicted octanol–water partition coefficient (Wildman–Crippen LogP) is 6.26. The van der Waals surface area contributed by atoms with Crippen molar-refractivity contribution < 1.29 is 19.0 Å². The Bertz CT molecular complexity index is 782. The summed E-state index contributed by atoms with van der Waals surface area (Å²) in [6.45, 7) is -0.0167. The topological polar surface area (TPSA) is 56.8 Å². The van der Waals surface area contributed by atoms with Gasteiger partial charge in [-0.05, 0) is 30.3 Å². The maximum atomic E-state index is 11.4. The van der Waals surface area contributed by atoms with Crippen LogP contribution in [-0.4, -0.2) is 29.6 Å². The van der Waals surface area contributed by atoms with E-state index in [0.717, 1.165) is 0 Å². The van der Waals surface area contributed by atoms with Gasteiger partial charge in [0.1, 0.15) is 30.5 Å². The van der Waals surface area contributed by atoms with Crippen molar-refractivity contribution in [2.45, 2.75) is 3.79 Å². The number of benzene rings is 2. The van der Waals surface area contributed by atoms with Crippen LogP contribution in [0.4, 0.5) is 4.79 Å². The van der Waals surface area contributed by atoms with E-state index in [9.17, 15) is 4.79 Å². The van der Waals surface area contributed by atoms with Crippen molar-refractivity contribution in [3.63, 3.8) is 0 Å². The van der Waals surface area contributed by atoms with Gasteiger partial charge in [-0.2, -0.15) is 0 Å². The zero-order valence-electron chi connectivity index (χ0n) is 13.7. The average Bonchev–Trinajstić information content (AvgIpc) is 2.58. The zero-order chi connectivity index (χ0) is 19.9. The molecule has 0 fully saturated rings. The Hall–Kier alpha value is -1.24. The quantitative estimate of drug-likeness (QED) is 0.381. The van der Waals surface area contributed by atoms with Crippen molar-refractivity contribution >= 4 is 64.1 Å². The number of hydrogen-bond acceptors (Lipinski definition) is 4. The molecule has 1 amide bonds. The molecule has 0 bridgehead atoms. The third-order valence-corrected chi connectivity index (χ3v) is 3.79. The number of alkyl halides is 3. The molecular formula is C17H14Cl5NO4. The number of hydrogen-bond donors (Lipinski definition) is 1. The number of halogens is 5. The summed E-state index contributed by atoms with van der Waals surface area (Å²) in [7, 11) is 0. The van der Waals surface area contributed by atoms with Crippen LogP contribution < -0.4 is 14.8 Å². The molecule has 0 aliphatic carbocycles. The first-order valence-electron chi connectivity index (χ1n) is 7.56. The van der Waals surface area contributed by atoms with E-state index >= 15 is 0 Å². The van der Waals surface area contributed by atoms with Gasteiger partial charge < -0.3 is 19.5 Å². The summed E-state index contributed by atoms with van der Waals surface area (Å²) < 4.78 is 14.2. The molecule has 0 unspecified atom stereocenters. The van der Waals surface area contributed by atoms with Crippen LogP contribution in [0.15, 0.2) is 42.5 Å². The fourth-order valence-electron chi connectivity index (χ4n) is 1.84. The molecule has 0 radical (unpaired) electrons. The van der Waals surface area contributed by atoms with E-state index in [2.05, 4.69) is 5.32 Å². The third-order valence-electron chi connectivity index (χ3n) is 2.93. The smallest absolute Gasteiger partial charge is 0.407 e. The lowest BCUT2D eigenvalue weighted by atomic mass is 10.3. The SMILES string of the molecule is O=C(NCCOc1ccc(Oc2cccc(Cl)c2)cc1Cl)OCC(Cl)(Cl)Cl. The summed E-state index contributed by atoms with van der Waals surface area (Å²) in [5.74, 6) is 1.56. The molecule has 2 aromatic carbocycles. The van der Waals surface area contributed by atoms with Gasteiger partial charge >= 0.3 is 6.09 Å². The van der Waals surface area contributed by atoms with Crippen molar-refractivity contribution in [2.75, 3.05) is 19.8 Å². The van der Waals surface area contributed by atoms with Gasteiger partial charge in [-0.3, -0.25) is 0 Å². The number of carbonyl (C=O) groups is 1. The molecule has 2 aromatic rings. The monoisotopic (exact) mass is 471 g/mol. The molecule has 0 spiro atoms. The number of amides is 1. The Morgan fingerprint density at radius 3 is 2.44 bits per heavy atom. The Morgan fingerprint density at radius 2 is 1.78 bits per heavy atom. The van der Waals surface area contributed by atoms with Crippen molar-refractivity contribution in [2.24, 2.45) is 0 Å². The normalized spacial score (nSPS) is 11.0. The third kappa shape index (κ3) is 8.54. The molecule has 0 aromatic heterocycles. The molecule has 146 valence electrons. The Morgan fingerprint density at radius 1 is 1.04 bits per heavy atom. The number of carbonyl (C=O) groups excluding carboxylic acids is 1. The second-order valence-electron chi connectivity index (χ2n) is 5.12. The fraction of sp³-hybridized carbons (Fsp3) is 0.235. The Labute approximate surface area is 181 Å². The fourth-order valence-corrected chi connectivity index (χ4v) is 2.41. The largest absolute Gasteiger partial charge is 0.490 e. The highest BCUT2D eigenvalue weighted by Crippen LogP contribution is 2.32. The first-order chi connectivity index (χ1) is 12.7. The molecule has 0 heterocycles. The van der Waals surface area contributed by atoms with Gasteiger partial charge in [0.2, 0.25) is 3.79 Å². The predicted molar refractivity (Wildman–Crippen MR) is 108 cm³/mol. The standard InChI is InChI=1S/C17H14Cl5NO4/c18-11-2-1-3-12(8-11)27-13-4-5-15(14(19)9-13)25-7-6-23-16(24)26-10-17(20,21)22/h1-5,8-9H,6-7,10H2,(H,23,24). The molecule has 27 heavy (non-hydrogen) atoms. The van der Waals surface area contributed by atoms with Gasteiger partial charge in [0.05, 0.1) is 11.6 Å². The van der Waals surface area contributed by atoms with Crippen molar-refractivity contribution in [1.29, 1.82) is 0 Å². The van der Waals surface area contributed by atoms with E-state index in [0.29, 0.717) is 27.3 Å². The minimum Gasteiger partial charge on any atom is -0.490 e. The van der Waals surface area contributed by atoms with Crippen LogP contribution in [0.2, 0.25) is 10.0 Å². The maximum Gasteiger partial charge on any atom is 0.407 e. The second kappa shape index (κ2) is 10.3. The van der Waals surface area contributed by atoms with E-state index in [1.54, 1.807) is 42.5 Å². The van der Waals surface area contributed by atoms with Crippen LogP contribution in [0.1, 0.15) is 0 Å². The first-order valence-corrected chi connectivity index (χ1v) is 9.45. The molecule has 2 rings (SSSR count). The van der Waals surface area contributed by atoms with Gasteiger partial charge in [0.15, 0.2) is 0 Å². The van der Waals surface area contributed by atoms with Gasteiger partial charge in [-0.1, -0.05) is 64.1 Å². The molecule has 0 saturated heterocycles. The molecule has 0 atom stereocenters. The number of alkyl carbamates (subject to hydrolysis) is 1. The van der Waals surface area contributed by atoms with Gasteiger partial charge in [0.25, 0.3) is 0 Å². The lowest BCUT2D eigenvalue weighted by Crippen LogP contribution is -2.31. The molecule has 0 aliphatic heterocycles. The van der Waals surface area contributed by atoms with E-state index in [-0.39, 0.29) is 19.8 Å². The maximum absolute atomic E-state index is 11.4. The zero-order valence-corrected chi connectivity index (χ0v) is 17.5. The summed E-state index contributed by atoms with van der Waals surface area (Å²) in [4.78, 5) is 11.4. The van der Waals surface area contributed by atoms with Crippen LogP contribution in [-0.2, 0) is 4.74 Å². The van der Waals surface area contributed by atoms with Crippen LogP contribution in [0.3, 0.4) is 0 Å². The van der Waals surface area contributed by atoms with Crippen LogP contribution in [0.25, 0.3) is 0 Å². The molecule has 0 saturated carbocycles. The highest BCUT2D eigenvalue weighted by molar-refractivity contribution is 6.67. The van der Waals surface area contributed by atoms with Crippen LogP contribution in [0, 0.1) is 0 Å². The van der Waals surface area contributed by atoms with Crippen LogP contribution >= 0.6 is 58.0 Å². The lowest BCUT2D eigenvalue weighted by Gasteiger charge is -2.13.